The Morgan fingerprint density at radius 1 is 1.12 bits per heavy atom. The molecule has 0 aromatic heterocycles. The number of hydrogen-bond acceptors (Lipinski definition) is 5. The van der Waals surface area contributed by atoms with Gasteiger partial charge in [-0.1, -0.05) is 35.0 Å². The lowest BCUT2D eigenvalue weighted by atomic mass is 9.97. The number of amides is 4. The van der Waals surface area contributed by atoms with Crippen LogP contribution in [0.15, 0.2) is 53.0 Å². The number of halogens is 2. The summed E-state index contributed by atoms with van der Waals surface area (Å²) in [4.78, 5) is 42.3. The number of rotatable bonds is 6. The zero-order valence-corrected chi connectivity index (χ0v) is 19.9. The molecule has 174 valence electrons. The van der Waals surface area contributed by atoms with Crippen molar-refractivity contribution >= 4 is 39.5 Å². The van der Waals surface area contributed by atoms with Crippen molar-refractivity contribution in [1.82, 2.24) is 20.2 Å². The van der Waals surface area contributed by atoms with E-state index in [1.165, 1.54) is 17.0 Å². The monoisotopic (exact) mass is 517 g/mol. The minimum Gasteiger partial charge on any atom is -0.325 e. The summed E-state index contributed by atoms with van der Waals surface area (Å²) in [7, 11) is 0. The molecule has 2 saturated heterocycles. The van der Waals surface area contributed by atoms with Crippen molar-refractivity contribution < 1.29 is 18.8 Å². The summed E-state index contributed by atoms with van der Waals surface area (Å²) in [5.74, 6) is -1.09. The maximum atomic E-state index is 13.4. The lowest BCUT2D eigenvalue weighted by Gasteiger charge is -2.43. The third-order valence-corrected chi connectivity index (χ3v) is 6.46. The maximum Gasteiger partial charge on any atom is 0.327 e. The van der Waals surface area contributed by atoms with Gasteiger partial charge in [-0.15, -0.1) is 0 Å². The first-order valence-corrected chi connectivity index (χ1v) is 11.5. The lowest BCUT2D eigenvalue weighted by molar-refractivity contribution is -0.140. The molecule has 0 spiro atoms. The molecule has 33 heavy (non-hydrogen) atoms. The number of urea groups is 1. The lowest BCUT2D eigenvalue weighted by Crippen LogP contribution is -2.67. The van der Waals surface area contributed by atoms with Crippen LogP contribution in [-0.4, -0.2) is 63.9 Å². The summed E-state index contributed by atoms with van der Waals surface area (Å²) in [6.45, 7) is 4.16. The van der Waals surface area contributed by atoms with E-state index in [2.05, 4.69) is 26.7 Å². The molecular weight excluding hydrogens is 493 g/mol. The van der Waals surface area contributed by atoms with E-state index in [9.17, 15) is 18.8 Å². The topological polar surface area (TPSA) is 85.0 Å². The Labute approximate surface area is 199 Å². The number of nitrogens with one attached hydrogen (secondary N) is 2. The van der Waals surface area contributed by atoms with Crippen LogP contribution in [0.5, 0.6) is 0 Å². The van der Waals surface area contributed by atoms with Gasteiger partial charge in [0.15, 0.2) is 0 Å². The summed E-state index contributed by atoms with van der Waals surface area (Å²) in [6, 6.07) is 10.9. The van der Waals surface area contributed by atoms with E-state index < -0.39 is 23.9 Å². The standard InChI is InChI=1S/C23H25BrFN5O3/c1-3-30-21-20(14(2)27-30)28(13-19(31)26-18-10-6-16(24)7-11-18)23(33)29(22(21)32)12-15-4-8-17(25)9-5-15/h4-11,14,20-21,27H,3,12-13H2,1-2H3,(H,26,31). The second-order valence-corrected chi connectivity index (χ2v) is 9.07. The Morgan fingerprint density at radius 2 is 1.79 bits per heavy atom. The molecule has 2 N–H and O–H groups in total. The summed E-state index contributed by atoms with van der Waals surface area (Å²) in [5.41, 5.74) is 4.48. The number of benzene rings is 2. The van der Waals surface area contributed by atoms with Crippen molar-refractivity contribution in [3.63, 3.8) is 0 Å². The normalized spacial score (nSPS) is 23.1. The van der Waals surface area contributed by atoms with Gasteiger partial charge in [0.2, 0.25) is 5.91 Å². The predicted molar refractivity (Wildman–Crippen MR) is 124 cm³/mol. The third-order valence-electron chi connectivity index (χ3n) is 5.93. The number of carbonyl (C=O) groups is 3. The number of hydrazine groups is 1. The number of imide groups is 1. The van der Waals surface area contributed by atoms with Crippen LogP contribution in [0.1, 0.15) is 19.4 Å². The van der Waals surface area contributed by atoms with Crippen LogP contribution in [0.2, 0.25) is 0 Å². The Bertz CT molecular complexity index is 1050. The molecule has 3 unspecified atom stereocenters. The highest BCUT2D eigenvalue weighted by atomic mass is 79.9. The smallest absolute Gasteiger partial charge is 0.325 e. The zero-order chi connectivity index (χ0) is 23.7. The minimum atomic E-state index is -0.622. The second kappa shape index (κ2) is 9.58. The largest absolute Gasteiger partial charge is 0.327 e. The predicted octanol–water partition coefficient (Wildman–Crippen LogP) is 2.96. The van der Waals surface area contributed by atoms with Gasteiger partial charge >= 0.3 is 6.03 Å². The SMILES string of the molecule is CCN1NC(C)C2C1C(=O)N(Cc1ccc(F)cc1)C(=O)N2CC(=O)Nc1ccc(Br)cc1. The van der Waals surface area contributed by atoms with Gasteiger partial charge in [-0.3, -0.25) is 14.5 Å². The minimum absolute atomic E-state index is 0.00205. The maximum absolute atomic E-state index is 13.4. The highest BCUT2D eigenvalue weighted by Gasteiger charge is 2.54. The number of likely N-dealkylation sites (N-methyl/N-ethyl adjacent to an activating group) is 1. The number of fused-ring (bicyclic) bond motifs is 1. The molecule has 2 fully saturated rings. The average Bonchev–Trinajstić information content (AvgIpc) is 3.13. The van der Waals surface area contributed by atoms with Gasteiger partial charge in [0.05, 0.1) is 12.6 Å². The van der Waals surface area contributed by atoms with Crippen molar-refractivity contribution in [2.45, 2.75) is 38.5 Å². The number of nitrogens with zero attached hydrogens (tertiary/aromatic N) is 3. The van der Waals surface area contributed by atoms with Gasteiger partial charge in [-0.05, 0) is 48.9 Å². The van der Waals surface area contributed by atoms with Crippen LogP contribution in [0.25, 0.3) is 0 Å². The summed E-state index contributed by atoms with van der Waals surface area (Å²) < 4.78 is 14.2. The molecule has 2 aromatic rings. The summed E-state index contributed by atoms with van der Waals surface area (Å²) in [6.07, 6.45) is 0. The molecule has 2 aliphatic rings. The van der Waals surface area contributed by atoms with Gasteiger partial charge in [-0.2, -0.15) is 0 Å². The fraction of sp³-hybridized carbons (Fsp3) is 0.348. The van der Waals surface area contributed by atoms with Crippen molar-refractivity contribution in [3.8, 4) is 0 Å². The van der Waals surface area contributed by atoms with E-state index in [4.69, 9.17) is 0 Å². The van der Waals surface area contributed by atoms with E-state index in [0.29, 0.717) is 17.8 Å². The highest BCUT2D eigenvalue weighted by molar-refractivity contribution is 9.10. The van der Waals surface area contributed by atoms with Crippen molar-refractivity contribution in [2.75, 3.05) is 18.4 Å². The van der Waals surface area contributed by atoms with Crippen LogP contribution >= 0.6 is 15.9 Å². The molecule has 10 heteroatoms. The van der Waals surface area contributed by atoms with Crippen LogP contribution in [0, 0.1) is 5.82 Å². The fourth-order valence-electron chi connectivity index (χ4n) is 4.40. The number of anilines is 1. The van der Waals surface area contributed by atoms with E-state index in [1.807, 2.05) is 26.0 Å². The number of hydrogen-bond donors (Lipinski definition) is 2. The van der Waals surface area contributed by atoms with Crippen LogP contribution < -0.4 is 10.7 Å². The van der Waals surface area contributed by atoms with E-state index in [-0.39, 0.29) is 30.9 Å². The van der Waals surface area contributed by atoms with Crippen molar-refractivity contribution in [2.24, 2.45) is 0 Å². The van der Waals surface area contributed by atoms with Gasteiger partial charge in [0, 0.05) is 22.7 Å². The highest BCUT2D eigenvalue weighted by Crippen LogP contribution is 2.30. The first-order chi connectivity index (χ1) is 15.8. The molecule has 0 saturated carbocycles. The van der Waals surface area contributed by atoms with Gasteiger partial charge in [0.1, 0.15) is 18.4 Å². The molecule has 3 atom stereocenters. The summed E-state index contributed by atoms with van der Waals surface area (Å²) >= 11 is 3.36. The molecule has 2 aromatic carbocycles. The molecule has 4 amide bonds. The molecule has 0 radical (unpaired) electrons. The molecule has 2 aliphatic heterocycles. The van der Waals surface area contributed by atoms with E-state index in [0.717, 1.165) is 9.37 Å². The van der Waals surface area contributed by atoms with Crippen LogP contribution in [0.4, 0.5) is 14.9 Å². The molecule has 2 heterocycles. The molecule has 4 rings (SSSR count). The molecule has 0 bridgehead atoms. The van der Waals surface area contributed by atoms with Crippen LogP contribution in [0.3, 0.4) is 0 Å². The van der Waals surface area contributed by atoms with E-state index in [1.54, 1.807) is 29.3 Å². The molecular formula is C23H25BrFN5O3. The van der Waals surface area contributed by atoms with Gasteiger partial charge in [0.25, 0.3) is 5.91 Å². The summed E-state index contributed by atoms with van der Waals surface area (Å²) in [5, 5.41) is 4.61. The Balaban J connectivity index is 1.59. The second-order valence-electron chi connectivity index (χ2n) is 8.16. The van der Waals surface area contributed by atoms with Gasteiger partial charge < -0.3 is 10.2 Å². The first-order valence-electron chi connectivity index (χ1n) is 10.7. The molecule has 8 nitrogen and oxygen atoms in total. The van der Waals surface area contributed by atoms with Gasteiger partial charge in [-0.25, -0.2) is 19.6 Å². The first kappa shape index (κ1) is 23.3. The Kier molecular flexibility index (Phi) is 6.78. The van der Waals surface area contributed by atoms with E-state index >= 15 is 0 Å². The van der Waals surface area contributed by atoms with Crippen molar-refractivity contribution in [3.05, 3.63) is 64.4 Å². The molecule has 0 aliphatic carbocycles. The fourth-order valence-corrected chi connectivity index (χ4v) is 4.66. The quantitative estimate of drug-likeness (QED) is 0.615. The Morgan fingerprint density at radius 3 is 2.42 bits per heavy atom. The van der Waals surface area contributed by atoms with Crippen LogP contribution in [-0.2, 0) is 16.1 Å². The zero-order valence-electron chi connectivity index (χ0n) is 18.3. The average molecular weight is 518 g/mol. The van der Waals surface area contributed by atoms with Crippen molar-refractivity contribution in [1.29, 1.82) is 0 Å². The third kappa shape index (κ3) is 4.78. The number of carbonyl (C=O) groups excluding carboxylic acids is 3. The Hall–Kier alpha value is -2.82.